The molecule has 112 valence electrons. The van der Waals surface area contributed by atoms with Crippen molar-refractivity contribution in [3.63, 3.8) is 0 Å². The van der Waals surface area contributed by atoms with Crippen LogP contribution in [0.4, 0.5) is 5.69 Å². The zero-order valence-electron chi connectivity index (χ0n) is 12.3. The summed E-state index contributed by atoms with van der Waals surface area (Å²) < 4.78 is 1.15. The van der Waals surface area contributed by atoms with Crippen LogP contribution in [0.3, 0.4) is 0 Å². The highest BCUT2D eigenvalue weighted by Crippen LogP contribution is 2.18. The Balaban J connectivity index is 2.08. The molecule has 2 N–H and O–H groups in total. The van der Waals surface area contributed by atoms with Crippen LogP contribution in [0, 0.1) is 11.8 Å². The summed E-state index contributed by atoms with van der Waals surface area (Å²) >= 11 is 0. The fraction of sp³-hybridized carbons (Fsp3) is 0.429. The molecule has 0 unspecified atom stereocenters. The van der Waals surface area contributed by atoms with Gasteiger partial charge in [0.05, 0.1) is 5.69 Å². The Bertz CT molecular complexity index is 659. The van der Waals surface area contributed by atoms with E-state index in [1.165, 1.54) is 0 Å². The zero-order chi connectivity index (χ0) is 15.4. The number of anilines is 1. The maximum absolute atomic E-state index is 12.1. The molecule has 2 aromatic rings. The van der Waals surface area contributed by atoms with E-state index < -0.39 is 5.69 Å². The molecule has 1 heterocycles. The summed E-state index contributed by atoms with van der Waals surface area (Å²) in [6.07, 6.45) is 0.961. The monoisotopic (exact) mass is 289 g/mol. The van der Waals surface area contributed by atoms with E-state index >= 15 is 0 Å². The largest absolute Gasteiger partial charge is 0.365 e. The number of amides is 1. The smallest absolute Gasteiger partial charge is 0.326 e. The van der Waals surface area contributed by atoms with Gasteiger partial charge >= 0.3 is 5.69 Å². The van der Waals surface area contributed by atoms with Crippen LogP contribution in [-0.2, 0) is 4.79 Å². The predicted molar refractivity (Wildman–Crippen MR) is 79.2 cm³/mol. The van der Waals surface area contributed by atoms with Gasteiger partial charge in [0.1, 0.15) is 0 Å². The summed E-state index contributed by atoms with van der Waals surface area (Å²) in [6, 6.07) is 6.87. The predicted octanol–water partition coefficient (Wildman–Crippen LogP) is 1.58. The Morgan fingerprint density at radius 3 is 2.52 bits per heavy atom. The molecule has 2 rings (SSSR count). The first-order valence-corrected chi connectivity index (χ1v) is 6.94. The zero-order valence-corrected chi connectivity index (χ0v) is 12.3. The fourth-order valence-corrected chi connectivity index (χ4v) is 1.92. The number of rotatable bonds is 5. The highest BCUT2D eigenvalue weighted by atomic mass is 16.2. The number of aromatic amines is 1. The number of hydrogen-bond donors (Lipinski definition) is 2. The molecule has 1 amide bonds. The molecular formula is C14H19N5O2. The van der Waals surface area contributed by atoms with Crippen molar-refractivity contribution in [1.82, 2.24) is 20.2 Å². The number of hydrogen-bond acceptors (Lipinski definition) is 4. The average molecular weight is 289 g/mol. The summed E-state index contributed by atoms with van der Waals surface area (Å²) in [5.41, 5.74) is 0.870. The average Bonchev–Trinajstić information content (AvgIpc) is 2.92. The third-order valence-electron chi connectivity index (χ3n) is 3.76. The normalized spacial score (nSPS) is 13.7. The lowest BCUT2D eigenvalue weighted by atomic mass is 9.93. The minimum atomic E-state index is -0.405. The first-order chi connectivity index (χ1) is 10.0. The molecule has 0 bridgehead atoms. The summed E-state index contributed by atoms with van der Waals surface area (Å²) in [5, 5.41) is 12.2. The summed E-state index contributed by atoms with van der Waals surface area (Å²) in [6.45, 7) is 6.05. The van der Waals surface area contributed by atoms with Crippen LogP contribution in [0.1, 0.15) is 27.2 Å². The van der Waals surface area contributed by atoms with Gasteiger partial charge in [0.2, 0.25) is 5.91 Å². The van der Waals surface area contributed by atoms with Gasteiger partial charge in [-0.15, -0.1) is 0 Å². The van der Waals surface area contributed by atoms with Crippen LogP contribution in [0.2, 0.25) is 0 Å². The van der Waals surface area contributed by atoms with Crippen molar-refractivity contribution in [2.24, 2.45) is 11.8 Å². The molecule has 0 fully saturated rings. The van der Waals surface area contributed by atoms with Crippen LogP contribution < -0.4 is 11.0 Å². The van der Waals surface area contributed by atoms with E-state index in [1.54, 1.807) is 24.3 Å². The molecule has 2 atom stereocenters. The van der Waals surface area contributed by atoms with Crippen molar-refractivity contribution in [1.29, 1.82) is 0 Å². The Labute approximate surface area is 122 Å². The Kier molecular flexibility index (Phi) is 4.52. The Morgan fingerprint density at radius 1 is 1.33 bits per heavy atom. The first kappa shape index (κ1) is 15.0. The van der Waals surface area contributed by atoms with Gasteiger partial charge in [-0.05, 0) is 40.6 Å². The number of benzene rings is 1. The van der Waals surface area contributed by atoms with Crippen LogP contribution >= 0.6 is 0 Å². The summed E-state index contributed by atoms with van der Waals surface area (Å²) in [4.78, 5) is 23.5. The molecule has 1 aromatic carbocycles. The fourth-order valence-electron chi connectivity index (χ4n) is 1.92. The molecule has 0 radical (unpaired) electrons. The molecular weight excluding hydrogens is 270 g/mol. The molecule has 0 aliphatic heterocycles. The molecule has 0 saturated heterocycles. The molecule has 21 heavy (non-hydrogen) atoms. The van der Waals surface area contributed by atoms with Crippen molar-refractivity contribution in [2.45, 2.75) is 27.2 Å². The van der Waals surface area contributed by atoms with Crippen molar-refractivity contribution >= 4 is 11.6 Å². The highest BCUT2D eigenvalue weighted by Gasteiger charge is 2.18. The lowest BCUT2D eigenvalue weighted by molar-refractivity contribution is -0.120. The number of carbonyl (C=O) groups is 1. The van der Waals surface area contributed by atoms with E-state index in [0.717, 1.165) is 11.1 Å². The van der Waals surface area contributed by atoms with Crippen molar-refractivity contribution < 1.29 is 4.79 Å². The van der Waals surface area contributed by atoms with Gasteiger partial charge in [-0.25, -0.2) is 9.89 Å². The molecule has 0 saturated carbocycles. The van der Waals surface area contributed by atoms with Gasteiger partial charge in [0.25, 0.3) is 0 Å². The minimum Gasteiger partial charge on any atom is -0.326 e. The van der Waals surface area contributed by atoms with Gasteiger partial charge in [0, 0.05) is 11.6 Å². The standard InChI is InChI=1S/C14H19N5O2/c1-4-9(2)10(3)13(20)15-11-5-7-12(8-6-11)19-14(21)16-17-18-19/h5-10H,4H2,1-3H3,(H,15,20)(H,16,18,21)/t9-,10+/m0/s1. The quantitative estimate of drug-likeness (QED) is 0.874. The first-order valence-electron chi connectivity index (χ1n) is 6.94. The van der Waals surface area contributed by atoms with Gasteiger partial charge in [-0.1, -0.05) is 27.2 Å². The third kappa shape index (κ3) is 3.36. The maximum atomic E-state index is 12.1. The number of aromatic nitrogens is 4. The molecule has 0 aliphatic rings. The summed E-state index contributed by atoms with van der Waals surface area (Å²) in [7, 11) is 0. The van der Waals surface area contributed by atoms with Gasteiger partial charge in [0.15, 0.2) is 0 Å². The number of H-pyrrole nitrogens is 1. The van der Waals surface area contributed by atoms with Crippen molar-refractivity contribution in [3.8, 4) is 5.69 Å². The molecule has 7 nitrogen and oxygen atoms in total. The maximum Gasteiger partial charge on any atom is 0.365 e. The number of nitrogens with zero attached hydrogens (tertiary/aromatic N) is 3. The second-order valence-electron chi connectivity index (χ2n) is 5.13. The van der Waals surface area contributed by atoms with Crippen LogP contribution in [-0.4, -0.2) is 26.1 Å². The van der Waals surface area contributed by atoms with E-state index in [4.69, 9.17) is 0 Å². The minimum absolute atomic E-state index is 0.00398. The molecule has 7 heteroatoms. The van der Waals surface area contributed by atoms with E-state index in [-0.39, 0.29) is 11.8 Å². The van der Waals surface area contributed by atoms with Crippen LogP contribution in [0.5, 0.6) is 0 Å². The molecule has 0 aliphatic carbocycles. The Hall–Kier alpha value is -2.44. The van der Waals surface area contributed by atoms with E-state index in [1.807, 2.05) is 6.92 Å². The Morgan fingerprint density at radius 2 is 2.00 bits per heavy atom. The van der Waals surface area contributed by atoms with Gasteiger partial charge in [-0.2, -0.15) is 4.68 Å². The third-order valence-corrected chi connectivity index (χ3v) is 3.76. The van der Waals surface area contributed by atoms with Crippen molar-refractivity contribution in [2.75, 3.05) is 5.32 Å². The number of nitrogens with one attached hydrogen (secondary N) is 2. The summed E-state index contributed by atoms with van der Waals surface area (Å²) in [5.74, 6) is 0.279. The second-order valence-corrected chi connectivity index (χ2v) is 5.13. The van der Waals surface area contributed by atoms with Gasteiger partial charge in [-0.3, -0.25) is 4.79 Å². The lowest BCUT2D eigenvalue weighted by Gasteiger charge is -2.17. The van der Waals surface area contributed by atoms with Crippen LogP contribution in [0.25, 0.3) is 5.69 Å². The van der Waals surface area contributed by atoms with E-state index in [9.17, 15) is 9.59 Å². The topological polar surface area (TPSA) is 92.7 Å². The van der Waals surface area contributed by atoms with Gasteiger partial charge < -0.3 is 5.32 Å². The van der Waals surface area contributed by atoms with E-state index in [2.05, 4.69) is 34.7 Å². The SMILES string of the molecule is CC[C@H](C)[C@@H](C)C(=O)Nc1ccc(-n2nn[nH]c2=O)cc1. The highest BCUT2D eigenvalue weighted by molar-refractivity contribution is 5.92. The van der Waals surface area contributed by atoms with Crippen molar-refractivity contribution in [3.05, 3.63) is 34.7 Å². The van der Waals surface area contributed by atoms with E-state index in [0.29, 0.717) is 17.3 Å². The molecule has 0 spiro atoms. The number of tetrazole rings is 1. The molecule has 1 aromatic heterocycles. The lowest BCUT2D eigenvalue weighted by Crippen LogP contribution is -2.25. The number of carbonyl (C=O) groups excluding carboxylic acids is 1. The van der Waals surface area contributed by atoms with Crippen LogP contribution in [0.15, 0.2) is 29.1 Å². The second kappa shape index (κ2) is 6.34.